The van der Waals surface area contributed by atoms with E-state index in [1.807, 2.05) is 6.92 Å². The molecule has 0 fully saturated rings. The van der Waals surface area contributed by atoms with Gasteiger partial charge in [0.25, 0.3) is 0 Å². The second-order valence-corrected chi connectivity index (χ2v) is 5.41. The molecule has 0 aliphatic heterocycles. The van der Waals surface area contributed by atoms with Crippen LogP contribution < -0.4 is 5.73 Å². The normalized spacial score (nSPS) is 12.6. The van der Waals surface area contributed by atoms with Gasteiger partial charge in [-0.05, 0) is 6.92 Å². The Hall–Kier alpha value is -1.03. The van der Waals surface area contributed by atoms with Gasteiger partial charge in [-0.15, -0.1) is 11.3 Å². The number of imidazole rings is 1. The van der Waals surface area contributed by atoms with Gasteiger partial charge in [-0.2, -0.15) is 0 Å². The van der Waals surface area contributed by atoms with Crippen molar-refractivity contribution >= 4 is 22.1 Å². The maximum atomic E-state index is 5.99. The lowest BCUT2D eigenvalue weighted by atomic mass is 9.93. The van der Waals surface area contributed by atoms with E-state index in [2.05, 4.69) is 35.5 Å². The number of fused-ring (bicyclic) bond motifs is 1. The van der Waals surface area contributed by atoms with E-state index in [0.717, 1.165) is 16.5 Å². The Labute approximate surface area is 87.6 Å². The molecule has 2 N–H and O–H groups in total. The molecule has 2 heterocycles. The predicted molar refractivity (Wildman–Crippen MR) is 60.9 cm³/mol. The monoisotopic (exact) mass is 209 g/mol. The van der Waals surface area contributed by atoms with Crippen LogP contribution in [-0.2, 0) is 5.41 Å². The zero-order valence-electron chi connectivity index (χ0n) is 8.96. The molecule has 0 atom stereocenters. The van der Waals surface area contributed by atoms with Crippen LogP contribution in [0.25, 0.3) is 4.96 Å². The number of nitrogens with zero attached hydrogens (tertiary/aromatic N) is 2. The molecule has 0 bridgehead atoms. The Morgan fingerprint density at radius 1 is 1.43 bits per heavy atom. The quantitative estimate of drug-likeness (QED) is 0.724. The highest BCUT2D eigenvalue weighted by Crippen LogP contribution is 2.30. The van der Waals surface area contributed by atoms with E-state index in [1.165, 1.54) is 5.69 Å². The van der Waals surface area contributed by atoms with Crippen LogP contribution in [0.2, 0.25) is 0 Å². The Morgan fingerprint density at radius 2 is 2.07 bits per heavy atom. The van der Waals surface area contributed by atoms with Crippen molar-refractivity contribution in [2.75, 3.05) is 5.73 Å². The van der Waals surface area contributed by atoms with Crippen LogP contribution in [0.1, 0.15) is 32.2 Å². The SMILES string of the molecule is Cc1nc2scc(C(C)(C)C)n2c1N. The number of thiazole rings is 1. The average Bonchev–Trinajstić information content (AvgIpc) is 2.54. The van der Waals surface area contributed by atoms with Crippen molar-refractivity contribution in [2.24, 2.45) is 0 Å². The molecule has 76 valence electrons. The lowest BCUT2D eigenvalue weighted by molar-refractivity contribution is 0.566. The van der Waals surface area contributed by atoms with E-state index in [1.54, 1.807) is 11.3 Å². The molecular weight excluding hydrogens is 194 g/mol. The number of rotatable bonds is 0. The molecule has 0 radical (unpaired) electrons. The zero-order valence-corrected chi connectivity index (χ0v) is 9.77. The van der Waals surface area contributed by atoms with Crippen molar-refractivity contribution in [3.8, 4) is 0 Å². The molecule has 0 spiro atoms. The maximum absolute atomic E-state index is 5.99. The molecule has 0 aliphatic rings. The van der Waals surface area contributed by atoms with Gasteiger partial charge in [0.15, 0.2) is 4.96 Å². The van der Waals surface area contributed by atoms with Gasteiger partial charge in [-0.25, -0.2) is 4.98 Å². The smallest absolute Gasteiger partial charge is 0.195 e. The number of nitrogen functional groups attached to an aromatic ring is 1. The third-order valence-corrected chi connectivity index (χ3v) is 3.18. The molecule has 0 aromatic carbocycles. The lowest BCUT2D eigenvalue weighted by Crippen LogP contribution is -2.14. The van der Waals surface area contributed by atoms with E-state index in [-0.39, 0.29) is 5.41 Å². The fourth-order valence-electron chi connectivity index (χ4n) is 1.50. The van der Waals surface area contributed by atoms with E-state index in [9.17, 15) is 0 Å². The largest absolute Gasteiger partial charge is 0.383 e. The van der Waals surface area contributed by atoms with Crippen LogP contribution in [0.15, 0.2) is 5.38 Å². The molecule has 0 amide bonds. The summed E-state index contributed by atoms with van der Waals surface area (Å²) in [6, 6.07) is 0. The molecule has 3 nitrogen and oxygen atoms in total. The third-order valence-electron chi connectivity index (χ3n) is 2.35. The van der Waals surface area contributed by atoms with Crippen LogP contribution in [0.3, 0.4) is 0 Å². The van der Waals surface area contributed by atoms with E-state index >= 15 is 0 Å². The van der Waals surface area contributed by atoms with Crippen molar-refractivity contribution in [1.29, 1.82) is 0 Å². The van der Waals surface area contributed by atoms with Gasteiger partial charge >= 0.3 is 0 Å². The number of nitrogens with two attached hydrogens (primary N) is 1. The number of aryl methyl sites for hydroxylation is 1. The first-order valence-corrected chi connectivity index (χ1v) is 5.51. The number of anilines is 1. The van der Waals surface area contributed by atoms with Gasteiger partial charge in [-0.3, -0.25) is 4.40 Å². The minimum absolute atomic E-state index is 0.111. The minimum atomic E-state index is 0.111. The first-order valence-electron chi connectivity index (χ1n) is 4.64. The molecule has 0 saturated carbocycles. The van der Waals surface area contributed by atoms with Crippen LogP contribution in [0, 0.1) is 6.92 Å². The summed E-state index contributed by atoms with van der Waals surface area (Å²) in [6.45, 7) is 8.50. The van der Waals surface area contributed by atoms with Gasteiger partial charge < -0.3 is 5.73 Å². The summed E-state index contributed by atoms with van der Waals surface area (Å²) in [5.41, 5.74) is 8.25. The fraction of sp³-hybridized carbons (Fsp3) is 0.500. The van der Waals surface area contributed by atoms with E-state index in [0.29, 0.717) is 0 Å². The molecule has 2 aromatic heterocycles. The van der Waals surface area contributed by atoms with Gasteiger partial charge in [0.05, 0.1) is 5.69 Å². The maximum Gasteiger partial charge on any atom is 0.195 e. The molecule has 0 saturated heterocycles. The molecule has 0 unspecified atom stereocenters. The third kappa shape index (κ3) is 1.21. The van der Waals surface area contributed by atoms with Gasteiger partial charge in [-0.1, -0.05) is 20.8 Å². The Bertz CT molecular complexity index is 473. The molecule has 14 heavy (non-hydrogen) atoms. The van der Waals surface area contributed by atoms with E-state index in [4.69, 9.17) is 5.73 Å². The highest BCUT2D eigenvalue weighted by Gasteiger charge is 2.21. The van der Waals surface area contributed by atoms with Crippen LogP contribution in [0.4, 0.5) is 5.82 Å². The summed E-state index contributed by atoms with van der Waals surface area (Å²) in [7, 11) is 0. The van der Waals surface area contributed by atoms with Crippen molar-refractivity contribution in [3.05, 3.63) is 16.8 Å². The summed E-state index contributed by atoms with van der Waals surface area (Å²) < 4.78 is 2.06. The van der Waals surface area contributed by atoms with Gasteiger partial charge in [0.2, 0.25) is 0 Å². The summed E-state index contributed by atoms with van der Waals surface area (Å²) >= 11 is 1.65. The Balaban J connectivity index is 2.79. The highest BCUT2D eigenvalue weighted by atomic mass is 32.1. The lowest BCUT2D eigenvalue weighted by Gasteiger charge is -2.17. The van der Waals surface area contributed by atoms with Crippen molar-refractivity contribution in [2.45, 2.75) is 33.1 Å². The molecule has 2 rings (SSSR count). The van der Waals surface area contributed by atoms with Crippen LogP contribution in [-0.4, -0.2) is 9.38 Å². The summed E-state index contributed by atoms with van der Waals surface area (Å²) in [5.74, 6) is 0.770. The zero-order chi connectivity index (χ0) is 10.5. The molecular formula is C10H15N3S. The fourth-order valence-corrected chi connectivity index (χ4v) is 2.67. The summed E-state index contributed by atoms with van der Waals surface area (Å²) in [6.07, 6.45) is 0. The van der Waals surface area contributed by atoms with Crippen molar-refractivity contribution in [1.82, 2.24) is 9.38 Å². The number of aromatic nitrogens is 2. The van der Waals surface area contributed by atoms with Crippen LogP contribution >= 0.6 is 11.3 Å². The second kappa shape index (κ2) is 2.73. The average molecular weight is 209 g/mol. The first-order chi connectivity index (χ1) is 6.41. The Morgan fingerprint density at radius 3 is 2.64 bits per heavy atom. The van der Waals surface area contributed by atoms with Gasteiger partial charge in [0.1, 0.15) is 5.82 Å². The molecule has 4 heteroatoms. The predicted octanol–water partition coefficient (Wildman–Crippen LogP) is 2.58. The highest BCUT2D eigenvalue weighted by molar-refractivity contribution is 7.15. The summed E-state index contributed by atoms with van der Waals surface area (Å²) in [4.78, 5) is 5.39. The van der Waals surface area contributed by atoms with E-state index < -0.39 is 0 Å². The second-order valence-electron chi connectivity index (χ2n) is 4.57. The van der Waals surface area contributed by atoms with Crippen molar-refractivity contribution in [3.63, 3.8) is 0 Å². The first kappa shape index (κ1) is 9.52. The molecule has 0 aliphatic carbocycles. The number of hydrogen-bond acceptors (Lipinski definition) is 3. The topological polar surface area (TPSA) is 43.3 Å². The Kier molecular flexibility index (Phi) is 1.86. The standard InChI is InChI=1S/C10H15N3S/c1-6-8(11)13-7(10(2,3)4)5-14-9(13)12-6/h5H,11H2,1-4H3. The minimum Gasteiger partial charge on any atom is -0.383 e. The number of hydrogen-bond donors (Lipinski definition) is 1. The van der Waals surface area contributed by atoms with Crippen molar-refractivity contribution < 1.29 is 0 Å². The van der Waals surface area contributed by atoms with Gasteiger partial charge in [0, 0.05) is 16.5 Å². The molecule has 2 aromatic rings. The van der Waals surface area contributed by atoms with Crippen LogP contribution in [0.5, 0.6) is 0 Å². The summed E-state index contributed by atoms with van der Waals surface area (Å²) in [5, 5.41) is 2.14.